The van der Waals surface area contributed by atoms with Crippen LogP contribution in [0.5, 0.6) is 0 Å². The lowest BCUT2D eigenvalue weighted by Gasteiger charge is -2.36. The standard InChI is InChI=1S/C25H24N6/c1-29-14-21(12-27-29)17-4-6-18(7-5-17)23-13-28-31-10-2-3-24(25(23)31)30-15-19-8-9-20(16-30)22(19)11-26/h2-7,10,12-14,19-20,22H,8-9,15-16H2,1H3. The van der Waals surface area contributed by atoms with Gasteiger partial charge in [0.25, 0.3) is 0 Å². The normalized spacial score (nSPS) is 22.7. The highest BCUT2D eigenvalue weighted by Gasteiger charge is 2.42. The Balaban J connectivity index is 1.38. The number of piperidine rings is 1. The maximum atomic E-state index is 9.58. The molecule has 3 aromatic heterocycles. The Kier molecular flexibility index (Phi) is 4.10. The van der Waals surface area contributed by atoms with Crippen molar-refractivity contribution < 1.29 is 0 Å². The molecule has 6 nitrogen and oxygen atoms in total. The molecule has 0 spiro atoms. The fourth-order valence-corrected chi connectivity index (χ4v) is 5.53. The van der Waals surface area contributed by atoms with Crippen LogP contribution in [0.15, 0.2) is 61.2 Å². The van der Waals surface area contributed by atoms with Crippen molar-refractivity contribution in [3.8, 4) is 28.3 Å². The predicted octanol–water partition coefficient (Wildman–Crippen LogP) is 4.39. The van der Waals surface area contributed by atoms with E-state index in [1.807, 2.05) is 41.0 Å². The molecular weight excluding hydrogens is 384 g/mol. The van der Waals surface area contributed by atoms with Gasteiger partial charge < -0.3 is 4.90 Å². The topological polar surface area (TPSA) is 62.1 Å². The number of aryl methyl sites for hydroxylation is 1. The first-order chi connectivity index (χ1) is 15.2. The predicted molar refractivity (Wildman–Crippen MR) is 120 cm³/mol. The second kappa shape index (κ2) is 6.98. The summed E-state index contributed by atoms with van der Waals surface area (Å²) in [4.78, 5) is 2.49. The van der Waals surface area contributed by atoms with E-state index in [0.717, 1.165) is 40.9 Å². The lowest BCUT2D eigenvalue weighted by Crippen LogP contribution is -2.41. The van der Waals surface area contributed by atoms with Crippen LogP contribution in [0.3, 0.4) is 0 Å². The minimum atomic E-state index is 0.223. The van der Waals surface area contributed by atoms with Crippen LogP contribution in [-0.4, -0.2) is 32.5 Å². The molecule has 2 bridgehead atoms. The number of fused-ring (bicyclic) bond motifs is 3. The fraction of sp³-hybridized carbons (Fsp3) is 0.320. The van der Waals surface area contributed by atoms with Crippen molar-refractivity contribution in [2.24, 2.45) is 24.8 Å². The first-order valence-corrected chi connectivity index (χ1v) is 10.9. The van der Waals surface area contributed by atoms with Crippen molar-refractivity contribution in [3.05, 3.63) is 61.2 Å². The van der Waals surface area contributed by atoms with Crippen molar-refractivity contribution in [2.45, 2.75) is 12.8 Å². The molecule has 1 saturated carbocycles. The van der Waals surface area contributed by atoms with E-state index < -0.39 is 0 Å². The number of benzene rings is 1. The lowest BCUT2D eigenvalue weighted by molar-refractivity contribution is 0.337. The molecule has 0 radical (unpaired) electrons. The molecule has 2 atom stereocenters. The van der Waals surface area contributed by atoms with Crippen LogP contribution >= 0.6 is 0 Å². The largest absolute Gasteiger partial charge is 0.369 e. The molecule has 6 heteroatoms. The first-order valence-electron chi connectivity index (χ1n) is 10.9. The van der Waals surface area contributed by atoms with Gasteiger partial charge in [0, 0.05) is 43.7 Å². The Labute approximate surface area is 181 Å². The molecule has 1 saturated heterocycles. The lowest BCUT2D eigenvalue weighted by atomic mass is 9.86. The Bertz CT molecular complexity index is 1280. The van der Waals surface area contributed by atoms with Crippen LogP contribution in [0.4, 0.5) is 5.69 Å². The number of hydrogen-bond acceptors (Lipinski definition) is 4. The summed E-state index contributed by atoms with van der Waals surface area (Å²) in [6.07, 6.45) is 10.2. The number of aromatic nitrogens is 4. The molecule has 6 rings (SSSR count). The molecule has 0 amide bonds. The van der Waals surface area contributed by atoms with Gasteiger partial charge in [-0.1, -0.05) is 24.3 Å². The van der Waals surface area contributed by atoms with Gasteiger partial charge in [0.2, 0.25) is 0 Å². The average molecular weight is 409 g/mol. The number of hydrogen-bond donors (Lipinski definition) is 0. The minimum absolute atomic E-state index is 0.223. The van der Waals surface area contributed by atoms with Gasteiger partial charge in [-0.05, 0) is 47.9 Å². The Morgan fingerprint density at radius 2 is 1.68 bits per heavy atom. The molecule has 1 aliphatic heterocycles. The van der Waals surface area contributed by atoms with Crippen LogP contribution < -0.4 is 4.90 Å². The zero-order valence-electron chi connectivity index (χ0n) is 17.5. The SMILES string of the molecule is Cn1cc(-c2ccc(-c3cnn4cccc(N5CC6CCC(C5)C6C#N)c34)cc2)cn1. The number of rotatable bonds is 3. The average Bonchev–Trinajstić information content (AvgIpc) is 3.49. The van der Waals surface area contributed by atoms with Gasteiger partial charge in [-0.25, -0.2) is 4.52 Å². The van der Waals surface area contributed by atoms with Crippen molar-refractivity contribution in [2.75, 3.05) is 18.0 Å². The number of nitrogens with zero attached hydrogens (tertiary/aromatic N) is 6. The van der Waals surface area contributed by atoms with E-state index in [2.05, 4.69) is 57.6 Å². The third kappa shape index (κ3) is 2.92. The molecular formula is C25H24N6. The highest BCUT2D eigenvalue weighted by atomic mass is 15.2. The molecule has 4 heterocycles. The van der Waals surface area contributed by atoms with Crippen LogP contribution in [0, 0.1) is 29.1 Å². The third-order valence-corrected chi connectivity index (χ3v) is 7.08. The van der Waals surface area contributed by atoms with Gasteiger partial charge in [0.05, 0.1) is 35.6 Å². The summed E-state index contributed by atoms with van der Waals surface area (Å²) in [6.45, 7) is 1.91. The number of anilines is 1. The highest BCUT2D eigenvalue weighted by molar-refractivity contribution is 5.90. The van der Waals surface area contributed by atoms with E-state index >= 15 is 0 Å². The second-order valence-electron chi connectivity index (χ2n) is 8.88. The quantitative estimate of drug-likeness (QED) is 0.504. The molecule has 2 fully saturated rings. The smallest absolute Gasteiger partial charge is 0.0973 e. The maximum Gasteiger partial charge on any atom is 0.0973 e. The molecule has 0 N–H and O–H groups in total. The summed E-state index contributed by atoms with van der Waals surface area (Å²) >= 11 is 0. The molecule has 4 aromatic rings. The van der Waals surface area contributed by atoms with E-state index in [-0.39, 0.29) is 5.92 Å². The van der Waals surface area contributed by atoms with Gasteiger partial charge in [0.1, 0.15) is 0 Å². The summed E-state index contributed by atoms with van der Waals surface area (Å²) < 4.78 is 3.81. The Hall–Kier alpha value is -3.59. The van der Waals surface area contributed by atoms with Crippen LogP contribution in [0.2, 0.25) is 0 Å². The van der Waals surface area contributed by atoms with Gasteiger partial charge in [0.15, 0.2) is 0 Å². The van der Waals surface area contributed by atoms with Crippen LogP contribution in [0.1, 0.15) is 12.8 Å². The molecule has 31 heavy (non-hydrogen) atoms. The third-order valence-electron chi connectivity index (χ3n) is 7.08. The van der Waals surface area contributed by atoms with Gasteiger partial charge in [-0.15, -0.1) is 0 Å². The fourth-order valence-electron chi connectivity index (χ4n) is 5.53. The molecule has 154 valence electrons. The van der Waals surface area contributed by atoms with Crippen molar-refractivity contribution in [3.63, 3.8) is 0 Å². The molecule has 1 aromatic carbocycles. The molecule has 2 aliphatic rings. The first kappa shape index (κ1) is 18.2. The summed E-state index contributed by atoms with van der Waals surface area (Å²) in [5, 5.41) is 18.5. The Morgan fingerprint density at radius 1 is 0.935 bits per heavy atom. The monoisotopic (exact) mass is 408 g/mol. The van der Waals surface area contributed by atoms with Crippen molar-refractivity contribution in [1.82, 2.24) is 19.4 Å². The number of pyridine rings is 1. The summed E-state index contributed by atoms with van der Waals surface area (Å²) in [6, 6.07) is 15.5. The summed E-state index contributed by atoms with van der Waals surface area (Å²) in [5.74, 6) is 1.18. The van der Waals surface area contributed by atoms with E-state index in [0.29, 0.717) is 11.8 Å². The summed E-state index contributed by atoms with van der Waals surface area (Å²) in [7, 11) is 1.93. The minimum Gasteiger partial charge on any atom is -0.369 e. The number of nitriles is 1. The second-order valence-corrected chi connectivity index (χ2v) is 8.88. The maximum absolute atomic E-state index is 9.58. The van der Waals surface area contributed by atoms with Crippen LogP contribution in [-0.2, 0) is 7.05 Å². The van der Waals surface area contributed by atoms with E-state index in [9.17, 15) is 5.26 Å². The zero-order chi connectivity index (χ0) is 20.9. The van der Waals surface area contributed by atoms with Crippen LogP contribution in [0.25, 0.3) is 27.8 Å². The molecule has 2 unspecified atom stereocenters. The Morgan fingerprint density at radius 3 is 2.35 bits per heavy atom. The van der Waals surface area contributed by atoms with E-state index in [1.165, 1.54) is 18.5 Å². The van der Waals surface area contributed by atoms with Gasteiger partial charge >= 0.3 is 0 Å². The van der Waals surface area contributed by atoms with Gasteiger partial charge in [-0.2, -0.15) is 15.5 Å². The van der Waals surface area contributed by atoms with E-state index in [1.54, 1.807) is 0 Å². The van der Waals surface area contributed by atoms with Crippen molar-refractivity contribution in [1.29, 1.82) is 5.26 Å². The van der Waals surface area contributed by atoms with Crippen molar-refractivity contribution >= 4 is 11.2 Å². The highest BCUT2D eigenvalue weighted by Crippen LogP contribution is 2.44. The molecule has 1 aliphatic carbocycles. The zero-order valence-corrected chi connectivity index (χ0v) is 17.5. The summed E-state index contributed by atoms with van der Waals surface area (Å²) in [5.41, 5.74) is 6.94. The van der Waals surface area contributed by atoms with Gasteiger partial charge in [-0.3, -0.25) is 4.68 Å². The van der Waals surface area contributed by atoms with E-state index in [4.69, 9.17) is 0 Å².